The number of aryl methyl sites for hydroxylation is 1. The van der Waals surface area contributed by atoms with Crippen LogP contribution in [0.5, 0.6) is 0 Å². The summed E-state index contributed by atoms with van der Waals surface area (Å²) in [4.78, 5) is 42.0. The molecule has 1 fully saturated rings. The number of hydrogen-bond donors (Lipinski definition) is 0. The number of amides is 2. The summed E-state index contributed by atoms with van der Waals surface area (Å²) in [5.74, 6) is -0.0626. The van der Waals surface area contributed by atoms with Crippen molar-refractivity contribution in [3.05, 3.63) is 57.8 Å². The number of aromatic nitrogens is 3. The molecule has 0 atom stereocenters. The lowest BCUT2D eigenvalue weighted by atomic mass is 10.1. The second-order valence-electron chi connectivity index (χ2n) is 8.19. The first-order chi connectivity index (χ1) is 14.8. The lowest BCUT2D eigenvalue weighted by Crippen LogP contribution is -2.51. The number of rotatable bonds is 4. The van der Waals surface area contributed by atoms with Gasteiger partial charge in [-0.15, -0.1) is 0 Å². The third-order valence-corrected chi connectivity index (χ3v) is 5.30. The van der Waals surface area contributed by atoms with Gasteiger partial charge in [0.2, 0.25) is 5.76 Å². The Balaban J connectivity index is 1.57. The van der Waals surface area contributed by atoms with E-state index in [1.165, 1.54) is 4.68 Å². The molecular formula is C22H25N5O4. The highest BCUT2D eigenvalue weighted by molar-refractivity contribution is 6.05. The minimum absolute atomic E-state index is 0.196. The van der Waals surface area contributed by atoms with Crippen molar-refractivity contribution in [1.29, 1.82) is 0 Å². The molecule has 3 heterocycles. The van der Waals surface area contributed by atoms with Crippen LogP contribution in [0, 0.1) is 12.8 Å². The van der Waals surface area contributed by atoms with Crippen LogP contribution in [0.15, 0.2) is 39.6 Å². The fourth-order valence-corrected chi connectivity index (χ4v) is 3.75. The zero-order valence-corrected chi connectivity index (χ0v) is 17.9. The van der Waals surface area contributed by atoms with Gasteiger partial charge in [0, 0.05) is 44.2 Å². The Morgan fingerprint density at radius 3 is 2.23 bits per heavy atom. The van der Waals surface area contributed by atoms with E-state index < -0.39 is 0 Å². The van der Waals surface area contributed by atoms with E-state index in [2.05, 4.69) is 10.3 Å². The van der Waals surface area contributed by atoms with Crippen molar-refractivity contribution < 1.29 is 14.1 Å². The molecule has 0 spiro atoms. The largest absolute Gasteiger partial charge is 0.351 e. The number of hydrogen-bond acceptors (Lipinski definition) is 6. The molecule has 0 bridgehead atoms. The van der Waals surface area contributed by atoms with Gasteiger partial charge >= 0.3 is 0 Å². The minimum atomic E-state index is -0.240. The van der Waals surface area contributed by atoms with Crippen molar-refractivity contribution in [3.63, 3.8) is 0 Å². The van der Waals surface area contributed by atoms with Gasteiger partial charge in [0.1, 0.15) is 0 Å². The Bertz CT molecular complexity index is 1190. The van der Waals surface area contributed by atoms with Gasteiger partial charge in [-0.1, -0.05) is 37.2 Å². The predicted molar refractivity (Wildman–Crippen MR) is 114 cm³/mol. The second-order valence-corrected chi connectivity index (χ2v) is 8.19. The van der Waals surface area contributed by atoms with Crippen LogP contribution < -0.4 is 5.56 Å². The van der Waals surface area contributed by atoms with E-state index in [9.17, 15) is 14.4 Å². The zero-order valence-electron chi connectivity index (χ0n) is 17.9. The molecule has 4 rings (SSSR count). The first kappa shape index (κ1) is 20.8. The number of fused-ring (bicyclic) bond motifs is 1. The Morgan fingerprint density at radius 2 is 1.65 bits per heavy atom. The number of benzene rings is 1. The van der Waals surface area contributed by atoms with Crippen molar-refractivity contribution >= 4 is 22.6 Å². The van der Waals surface area contributed by atoms with Crippen LogP contribution in [0.3, 0.4) is 0 Å². The lowest BCUT2D eigenvalue weighted by Gasteiger charge is -2.34. The fourth-order valence-electron chi connectivity index (χ4n) is 3.75. The predicted octanol–water partition coefficient (Wildman–Crippen LogP) is 1.95. The van der Waals surface area contributed by atoms with E-state index in [1.54, 1.807) is 47.1 Å². The monoisotopic (exact) mass is 423 g/mol. The van der Waals surface area contributed by atoms with Crippen LogP contribution in [-0.4, -0.2) is 62.7 Å². The molecule has 0 unspecified atom stereocenters. The molecule has 1 saturated heterocycles. The smallest absolute Gasteiger partial charge is 0.292 e. The summed E-state index contributed by atoms with van der Waals surface area (Å²) in [6, 6.07) is 8.66. The highest BCUT2D eigenvalue weighted by atomic mass is 16.5. The van der Waals surface area contributed by atoms with E-state index >= 15 is 0 Å². The molecule has 1 aliphatic rings. The molecule has 162 valence electrons. The van der Waals surface area contributed by atoms with Gasteiger partial charge in [-0.25, -0.2) is 4.68 Å². The first-order valence-electron chi connectivity index (χ1n) is 10.4. The van der Waals surface area contributed by atoms with E-state index in [-0.39, 0.29) is 34.7 Å². The molecule has 0 N–H and O–H groups in total. The van der Waals surface area contributed by atoms with Gasteiger partial charge in [0.25, 0.3) is 17.4 Å². The van der Waals surface area contributed by atoms with Gasteiger partial charge in [-0.2, -0.15) is 5.10 Å². The maximum Gasteiger partial charge on any atom is 0.292 e. The Hall–Kier alpha value is -3.49. The van der Waals surface area contributed by atoms with Crippen LogP contribution in [0.25, 0.3) is 10.8 Å². The average Bonchev–Trinajstić information content (AvgIpc) is 3.21. The molecule has 0 aliphatic carbocycles. The van der Waals surface area contributed by atoms with Crippen LogP contribution in [-0.2, 0) is 6.54 Å². The summed E-state index contributed by atoms with van der Waals surface area (Å²) < 4.78 is 6.44. The highest BCUT2D eigenvalue weighted by Gasteiger charge is 2.29. The maximum absolute atomic E-state index is 13.3. The lowest BCUT2D eigenvalue weighted by molar-refractivity contribution is 0.0509. The van der Waals surface area contributed by atoms with E-state index in [4.69, 9.17) is 4.52 Å². The topological polar surface area (TPSA) is 102 Å². The molecular weight excluding hydrogens is 398 g/mol. The average molecular weight is 423 g/mol. The molecule has 0 saturated carbocycles. The van der Waals surface area contributed by atoms with Gasteiger partial charge in [0.15, 0.2) is 5.69 Å². The third kappa shape index (κ3) is 4.08. The van der Waals surface area contributed by atoms with Crippen LogP contribution >= 0.6 is 0 Å². The van der Waals surface area contributed by atoms with Crippen molar-refractivity contribution in [2.75, 3.05) is 26.2 Å². The van der Waals surface area contributed by atoms with E-state index in [0.717, 1.165) is 0 Å². The SMILES string of the molecule is Cc1cc(C(=O)N2CCN(C(=O)c3nn(CC(C)C)c(=O)c4ccccc34)CC2)on1. The van der Waals surface area contributed by atoms with Crippen molar-refractivity contribution in [1.82, 2.24) is 24.7 Å². The number of carbonyl (C=O) groups is 2. The van der Waals surface area contributed by atoms with Gasteiger partial charge < -0.3 is 14.3 Å². The summed E-state index contributed by atoms with van der Waals surface area (Å²) in [5, 5.41) is 9.22. The molecule has 2 aromatic heterocycles. The molecule has 1 aromatic carbocycles. The summed E-state index contributed by atoms with van der Waals surface area (Å²) in [6.07, 6.45) is 0. The minimum Gasteiger partial charge on any atom is -0.351 e. The summed E-state index contributed by atoms with van der Waals surface area (Å²) in [7, 11) is 0. The van der Waals surface area contributed by atoms with E-state index in [1.807, 2.05) is 13.8 Å². The quantitative estimate of drug-likeness (QED) is 0.636. The zero-order chi connectivity index (χ0) is 22.1. The number of piperazine rings is 1. The Morgan fingerprint density at radius 1 is 1.03 bits per heavy atom. The highest BCUT2D eigenvalue weighted by Crippen LogP contribution is 2.18. The maximum atomic E-state index is 13.3. The van der Waals surface area contributed by atoms with Crippen molar-refractivity contribution in [3.8, 4) is 0 Å². The molecule has 1 aliphatic heterocycles. The van der Waals surface area contributed by atoms with Gasteiger partial charge in [-0.05, 0) is 18.9 Å². The Kier molecular flexibility index (Phi) is 5.58. The molecule has 0 radical (unpaired) electrons. The molecule has 9 heteroatoms. The molecule has 9 nitrogen and oxygen atoms in total. The van der Waals surface area contributed by atoms with Crippen LogP contribution in [0.4, 0.5) is 0 Å². The molecule has 2 amide bonds. The summed E-state index contributed by atoms with van der Waals surface area (Å²) in [6.45, 7) is 7.69. The van der Waals surface area contributed by atoms with E-state index in [0.29, 0.717) is 49.2 Å². The van der Waals surface area contributed by atoms with Gasteiger partial charge in [0.05, 0.1) is 11.1 Å². The number of nitrogens with zero attached hydrogens (tertiary/aromatic N) is 5. The van der Waals surface area contributed by atoms with Crippen LogP contribution in [0.1, 0.15) is 40.6 Å². The molecule has 31 heavy (non-hydrogen) atoms. The van der Waals surface area contributed by atoms with Crippen molar-refractivity contribution in [2.24, 2.45) is 5.92 Å². The van der Waals surface area contributed by atoms with Crippen molar-refractivity contribution in [2.45, 2.75) is 27.3 Å². The summed E-state index contributed by atoms with van der Waals surface area (Å²) in [5.41, 5.74) is 0.715. The van der Waals surface area contributed by atoms with Gasteiger partial charge in [-0.3, -0.25) is 14.4 Å². The first-order valence-corrected chi connectivity index (χ1v) is 10.4. The third-order valence-electron chi connectivity index (χ3n) is 5.30. The second kappa shape index (κ2) is 8.33. The normalized spacial score (nSPS) is 14.5. The molecule has 3 aromatic rings. The summed E-state index contributed by atoms with van der Waals surface area (Å²) >= 11 is 0. The van der Waals surface area contributed by atoms with Crippen LogP contribution in [0.2, 0.25) is 0 Å². The fraction of sp³-hybridized carbons (Fsp3) is 0.409. The standard InChI is InChI=1S/C22H25N5O4/c1-14(2)13-27-20(28)17-7-5-4-6-16(17)19(23-27)22(30)26-10-8-25(9-11-26)21(29)18-12-15(3)24-31-18/h4-7,12,14H,8-11,13H2,1-3H3. The Labute approximate surface area is 179 Å². The number of carbonyl (C=O) groups excluding carboxylic acids is 2.